The maximum absolute atomic E-state index is 12.2. The molecule has 0 aromatic carbocycles. The number of amides is 1. The van der Waals surface area contributed by atoms with Gasteiger partial charge in [0.1, 0.15) is 11.6 Å². The second kappa shape index (κ2) is 8.76. The lowest BCUT2D eigenvalue weighted by molar-refractivity contribution is -0.181. The van der Waals surface area contributed by atoms with Crippen molar-refractivity contribution in [2.24, 2.45) is 11.7 Å². The molecule has 1 aromatic heterocycles. The number of primary amides is 1. The number of anilines is 1. The first-order valence-electron chi connectivity index (χ1n) is 12.2. The molecule has 3 heterocycles. The van der Waals surface area contributed by atoms with Crippen molar-refractivity contribution in [3.63, 3.8) is 0 Å². The van der Waals surface area contributed by atoms with Gasteiger partial charge in [0.15, 0.2) is 11.2 Å². The lowest BCUT2D eigenvalue weighted by Crippen LogP contribution is -2.52. The highest BCUT2D eigenvalue weighted by atomic mass is 16.6. The molecule has 0 unspecified atom stereocenters. The van der Waals surface area contributed by atoms with Crippen LogP contribution in [0.25, 0.3) is 0 Å². The van der Waals surface area contributed by atoms with Crippen molar-refractivity contribution in [1.29, 1.82) is 0 Å². The number of ether oxygens (including phenoxy) is 2. The van der Waals surface area contributed by atoms with Crippen LogP contribution in [0.3, 0.4) is 0 Å². The summed E-state index contributed by atoms with van der Waals surface area (Å²) in [6.07, 6.45) is 7.10. The molecule has 33 heavy (non-hydrogen) atoms. The number of aliphatic hydroxyl groups is 1. The Morgan fingerprint density at radius 3 is 2.58 bits per heavy atom. The van der Waals surface area contributed by atoms with Crippen molar-refractivity contribution in [3.05, 3.63) is 17.8 Å². The predicted molar refractivity (Wildman–Crippen MR) is 121 cm³/mol. The van der Waals surface area contributed by atoms with Crippen LogP contribution in [0.4, 0.5) is 5.82 Å². The van der Waals surface area contributed by atoms with Crippen LogP contribution in [-0.4, -0.2) is 77.4 Å². The quantitative estimate of drug-likeness (QED) is 0.582. The molecule has 2 aliphatic heterocycles. The van der Waals surface area contributed by atoms with Crippen LogP contribution in [0.15, 0.2) is 12.3 Å². The Morgan fingerprint density at radius 1 is 1.18 bits per heavy atom. The van der Waals surface area contributed by atoms with Crippen LogP contribution in [0.1, 0.15) is 50.5 Å². The zero-order chi connectivity index (χ0) is 23.1. The number of esters is 1. The van der Waals surface area contributed by atoms with E-state index in [-0.39, 0.29) is 0 Å². The molecular weight excluding hydrogens is 424 g/mol. The average Bonchev–Trinajstić information content (AvgIpc) is 3.39. The Balaban J connectivity index is 1.08. The molecule has 1 aromatic rings. The van der Waals surface area contributed by atoms with Gasteiger partial charge in [0.2, 0.25) is 0 Å². The van der Waals surface area contributed by atoms with Gasteiger partial charge in [-0.15, -0.1) is 0 Å². The molecule has 0 atom stereocenters. The van der Waals surface area contributed by atoms with Crippen LogP contribution in [0.5, 0.6) is 5.75 Å². The number of fused-ring (bicyclic) bond motifs is 1. The van der Waals surface area contributed by atoms with Crippen molar-refractivity contribution in [1.82, 2.24) is 9.88 Å². The van der Waals surface area contributed by atoms with Gasteiger partial charge in [-0.3, -0.25) is 9.69 Å². The number of hydrogen-bond acceptors (Lipinski definition) is 8. The number of carbonyl (C=O) groups excluding carboxylic acids is 2. The first kappa shape index (κ1) is 22.4. The first-order chi connectivity index (χ1) is 15.9. The minimum Gasteiger partial charge on any atom is -0.493 e. The molecule has 2 aliphatic carbocycles. The summed E-state index contributed by atoms with van der Waals surface area (Å²) in [6.45, 7) is 5.67. The molecule has 0 spiro atoms. The normalized spacial score (nSPS) is 28.6. The highest BCUT2D eigenvalue weighted by Gasteiger charge is 2.54. The van der Waals surface area contributed by atoms with E-state index in [2.05, 4.69) is 14.8 Å². The third-order valence-corrected chi connectivity index (χ3v) is 7.88. The Labute approximate surface area is 194 Å². The summed E-state index contributed by atoms with van der Waals surface area (Å²) >= 11 is 0. The summed E-state index contributed by atoms with van der Waals surface area (Å²) in [6, 6.07) is 1.95. The molecule has 3 N–H and O–H groups in total. The van der Waals surface area contributed by atoms with Crippen LogP contribution >= 0.6 is 0 Å². The maximum Gasteiger partial charge on any atom is 0.339 e. The molecule has 9 nitrogen and oxygen atoms in total. The van der Waals surface area contributed by atoms with E-state index in [9.17, 15) is 14.7 Å². The molecule has 2 saturated carbocycles. The summed E-state index contributed by atoms with van der Waals surface area (Å²) in [5.74, 6) is 1.24. The number of aromatic nitrogens is 1. The number of nitrogens with zero attached hydrogens (tertiary/aromatic N) is 3. The molecule has 5 rings (SSSR count). The average molecular weight is 459 g/mol. The summed E-state index contributed by atoms with van der Waals surface area (Å²) < 4.78 is 11.2. The second-order valence-corrected chi connectivity index (χ2v) is 10.1. The van der Waals surface area contributed by atoms with Gasteiger partial charge in [0.05, 0.1) is 6.61 Å². The fraction of sp³-hybridized carbons (Fsp3) is 0.708. The van der Waals surface area contributed by atoms with Gasteiger partial charge >= 0.3 is 5.97 Å². The van der Waals surface area contributed by atoms with E-state index in [0.717, 1.165) is 76.6 Å². The lowest BCUT2D eigenvalue weighted by atomic mass is 9.77. The minimum atomic E-state index is -1.40. The predicted octanol–water partition coefficient (Wildman–Crippen LogP) is 1.01. The number of pyridine rings is 1. The number of carbonyl (C=O) groups is 2. The van der Waals surface area contributed by atoms with Crippen LogP contribution in [0, 0.1) is 5.92 Å². The zero-order valence-electron chi connectivity index (χ0n) is 19.1. The summed E-state index contributed by atoms with van der Waals surface area (Å²) in [4.78, 5) is 33.8. The smallest absolute Gasteiger partial charge is 0.339 e. The van der Waals surface area contributed by atoms with Gasteiger partial charge in [-0.1, -0.05) is 0 Å². The first-order valence-corrected chi connectivity index (χ1v) is 12.2. The Morgan fingerprint density at radius 2 is 1.91 bits per heavy atom. The highest BCUT2D eigenvalue weighted by Crippen LogP contribution is 2.41. The molecule has 4 aliphatic rings. The summed E-state index contributed by atoms with van der Waals surface area (Å²) in [5.41, 5.74) is 4.20. The number of hydrogen-bond donors (Lipinski definition) is 2. The highest BCUT2D eigenvalue weighted by molar-refractivity contribution is 5.89. The van der Waals surface area contributed by atoms with Gasteiger partial charge in [-0.2, -0.15) is 0 Å². The molecule has 1 saturated heterocycles. The Hall–Kier alpha value is -2.39. The van der Waals surface area contributed by atoms with E-state index in [1.807, 2.05) is 12.3 Å². The van der Waals surface area contributed by atoms with Gasteiger partial charge in [0, 0.05) is 44.4 Å². The van der Waals surface area contributed by atoms with Crippen LogP contribution in [-0.2, 0) is 20.7 Å². The van der Waals surface area contributed by atoms with E-state index >= 15 is 0 Å². The van der Waals surface area contributed by atoms with Crippen molar-refractivity contribution >= 4 is 17.7 Å². The van der Waals surface area contributed by atoms with Gasteiger partial charge in [-0.05, 0) is 63.5 Å². The summed E-state index contributed by atoms with van der Waals surface area (Å²) in [5, 5.41) is 10.00. The topological polar surface area (TPSA) is 118 Å². The SMILES string of the molecule is NC(=O)C1(OC(=O)C2(O)CC2)CCC(CCN2CCN(c3nccc4c3CCO4)CC2)CC1. The fourth-order valence-electron chi connectivity index (χ4n) is 5.34. The fourth-order valence-corrected chi connectivity index (χ4v) is 5.34. The lowest BCUT2D eigenvalue weighted by Gasteiger charge is -2.39. The third kappa shape index (κ3) is 4.53. The molecule has 9 heteroatoms. The Bertz CT molecular complexity index is 902. The van der Waals surface area contributed by atoms with Crippen molar-refractivity contribution in [3.8, 4) is 5.75 Å². The van der Waals surface area contributed by atoms with Crippen LogP contribution < -0.4 is 15.4 Å². The largest absolute Gasteiger partial charge is 0.493 e. The third-order valence-electron chi connectivity index (χ3n) is 7.88. The Kier molecular flexibility index (Phi) is 5.95. The van der Waals surface area contributed by atoms with Gasteiger partial charge in [0.25, 0.3) is 5.91 Å². The second-order valence-electron chi connectivity index (χ2n) is 10.1. The molecule has 0 radical (unpaired) electrons. The summed E-state index contributed by atoms with van der Waals surface area (Å²) in [7, 11) is 0. The zero-order valence-corrected chi connectivity index (χ0v) is 19.1. The monoisotopic (exact) mass is 458 g/mol. The molecule has 1 amide bonds. The van der Waals surface area contributed by atoms with Crippen molar-refractivity contribution in [2.45, 2.75) is 62.6 Å². The van der Waals surface area contributed by atoms with Gasteiger partial charge < -0.3 is 25.2 Å². The van der Waals surface area contributed by atoms with Crippen molar-refractivity contribution in [2.75, 3.05) is 44.2 Å². The number of piperazine rings is 1. The molecule has 3 fully saturated rings. The molecule has 0 bridgehead atoms. The van der Waals surface area contributed by atoms with E-state index in [0.29, 0.717) is 31.6 Å². The van der Waals surface area contributed by atoms with E-state index in [1.165, 1.54) is 5.56 Å². The van der Waals surface area contributed by atoms with E-state index < -0.39 is 23.1 Å². The van der Waals surface area contributed by atoms with E-state index in [4.69, 9.17) is 15.2 Å². The van der Waals surface area contributed by atoms with Crippen molar-refractivity contribution < 1.29 is 24.2 Å². The minimum absolute atomic E-state index is 0.396. The number of rotatable bonds is 7. The van der Waals surface area contributed by atoms with Crippen LogP contribution in [0.2, 0.25) is 0 Å². The van der Waals surface area contributed by atoms with Gasteiger partial charge in [-0.25, -0.2) is 9.78 Å². The number of nitrogens with two attached hydrogens (primary N) is 1. The molecule has 180 valence electrons. The molecular formula is C24H34N4O5. The standard InChI is InChI=1S/C24H34N4O5/c25-21(29)24(33-22(30)23(31)8-9-23)6-1-17(2-7-24)4-11-27-12-14-28(15-13-27)20-18-5-16-32-19(18)3-10-26-20/h3,10,17,31H,1-2,4-9,11-16H2,(H2,25,29). The van der Waals surface area contributed by atoms with E-state index in [1.54, 1.807) is 0 Å². The maximum atomic E-state index is 12.2.